The Morgan fingerprint density at radius 3 is 1.23 bits per heavy atom. The summed E-state index contributed by atoms with van der Waals surface area (Å²) in [6.45, 7) is 9.84. The average molecular weight is 424 g/mol. The number of carbonyl (C=O) groups excluding carboxylic acids is 5. The van der Waals surface area contributed by atoms with E-state index in [9.17, 15) is 24.0 Å². The standard InChI is InChI=1S/C21H28O9/c1-18(2,3)29-16(25)21(17(26)30-19(4,5)6)10-9-11(13(22)12(10)21)20(9,14(23)27-7)15(24)28-8/h9-12H,1-8H3/t9-,10-,11+,12+/m1/s1. The predicted octanol–water partition coefficient (Wildman–Crippen LogP) is 1.06. The molecule has 0 unspecified atom stereocenters. The van der Waals surface area contributed by atoms with E-state index >= 15 is 0 Å². The fourth-order valence-electron chi connectivity index (χ4n) is 5.09. The van der Waals surface area contributed by atoms with Gasteiger partial charge in [0.2, 0.25) is 0 Å². The molecule has 0 aromatic rings. The van der Waals surface area contributed by atoms with Gasteiger partial charge in [-0.15, -0.1) is 0 Å². The minimum absolute atomic E-state index is 0.516. The summed E-state index contributed by atoms with van der Waals surface area (Å²) in [6.07, 6.45) is 0. The van der Waals surface area contributed by atoms with E-state index in [-0.39, 0.29) is 0 Å². The highest BCUT2D eigenvalue weighted by Crippen LogP contribution is 2.84. The van der Waals surface area contributed by atoms with Crippen LogP contribution in [0.3, 0.4) is 0 Å². The van der Waals surface area contributed by atoms with Gasteiger partial charge in [-0.2, -0.15) is 0 Å². The molecule has 3 rings (SSSR count). The van der Waals surface area contributed by atoms with Crippen molar-refractivity contribution in [2.24, 2.45) is 34.5 Å². The summed E-state index contributed by atoms with van der Waals surface area (Å²) in [7, 11) is 2.20. The van der Waals surface area contributed by atoms with E-state index in [2.05, 4.69) is 0 Å². The Morgan fingerprint density at radius 2 is 0.967 bits per heavy atom. The van der Waals surface area contributed by atoms with Crippen LogP contribution in [0.5, 0.6) is 0 Å². The lowest BCUT2D eigenvalue weighted by molar-refractivity contribution is -0.180. The third-order valence-corrected chi connectivity index (χ3v) is 6.05. The molecule has 0 bridgehead atoms. The molecule has 4 atom stereocenters. The Bertz CT molecular complexity index is 798. The SMILES string of the molecule is COC(=O)C1(C(=O)OC)[C@@H]2[C@@H]3[C@@H](C(=O)[C@H]21)C3(C(=O)OC(C)(C)C)C(=O)OC(C)(C)C. The molecule has 0 saturated heterocycles. The number of methoxy groups -OCH3 is 2. The average Bonchev–Trinajstić information content (AvgIpc) is 3.43. The van der Waals surface area contributed by atoms with Crippen molar-refractivity contribution in [2.45, 2.75) is 52.7 Å². The normalized spacial score (nSPS) is 29.8. The van der Waals surface area contributed by atoms with Crippen molar-refractivity contribution in [2.75, 3.05) is 14.2 Å². The van der Waals surface area contributed by atoms with Crippen LogP contribution in [0.25, 0.3) is 0 Å². The van der Waals surface area contributed by atoms with Gasteiger partial charge in [-0.25, -0.2) is 0 Å². The molecule has 0 spiro atoms. The van der Waals surface area contributed by atoms with Gasteiger partial charge in [0.05, 0.1) is 26.1 Å². The van der Waals surface area contributed by atoms with E-state index in [1.165, 1.54) is 0 Å². The van der Waals surface area contributed by atoms with Crippen LogP contribution in [-0.4, -0.2) is 55.1 Å². The maximum atomic E-state index is 13.2. The summed E-state index contributed by atoms with van der Waals surface area (Å²) < 4.78 is 20.5. The molecule has 3 fully saturated rings. The third kappa shape index (κ3) is 2.70. The molecule has 3 aliphatic carbocycles. The lowest BCUT2D eigenvalue weighted by Crippen LogP contribution is -2.42. The first kappa shape index (κ1) is 22.2. The number of Topliss-reactive ketones (excluding diaryl/α,β-unsaturated/α-hetero) is 1. The molecule has 9 heteroatoms. The summed E-state index contributed by atoms with van der Waals surface area (Å²) in [4.78, 5) is 64.6. The lowest BCUT2D eigenvalue weighted by Gasteiger charge is -2.27. The van der Waals surface area contributed by atoms with Gasteiger partial charge in [-0.05, 0) is 41.5 Å². The van der Waals surface area contributed by atoms with E-state index in [1.807, 2.05) is 0 Å². The molecule has 3 aliphatic rings. The highest BCUT2D eigenvalue weighted by Gasteiger charge is 2.98. The number of ketones is 1. The Kier molecular flexibility index (Phi) is 4.65. The summed E-state index contributed by atoms with van der Waals surface area (Å²) >= 11 is 0. The van der Waals surface area contributed by atoms with Crippen molar-refractivity contribution in [3.8, 4) is 0 Å². The maximum absolute atomic E-state index is 13.2. The molecule has 3 saturated carbocycles. The van der Waals surface area contributed by atoms with Crippen molar-refractivity contribution in [1.29, 1.82) is 0 Å². The quantitative estimate of drug-likeness (QED) is 0.370. The van der Waals surface area contributed by atoms with Gasteiger partial charge >= 0.3 is 23.9 Å². The van der Waals surface area contributed by atoms with Crippen LogP contribution in [0.2, 0.25) is 0 Å². The highest BCUT2D eigenvalue weighted by atomic mass is 16.6. The first-order valence-corrected chi connectivity index (χ1v) is 9.79. The van der Waals surface area contributed by atoms with Crippen LogP contribution < -0.4 is 0 Å². The van der Waals surface area contributed by atoms with E-state index in [4.69, 9.17) is 18.9 Å². The van der Waals surface area contributed by atoms with Gasteiger partial charge in [0.15, 0.2) is 10.8 Å². The molecular weight excluding hydrogens is 396 g/mol. The fourth-order valence-corrected chi connectivity index (χ4v) is 5.09. The van der Waals surface area contributed by atoms with Gasteiger partial charge < -0.3 is 18.9 Å². The van der Waals surface area contributed by atoms with Crippen LogP contribution >= 0.6 is 0 Å². The lowest BCUT2D eigenvalue weighted by atomic mass is 9.94. The van der Waals surface area contributed by atoms with Crippen LogP contribution in [0.1, 0.15) is 41.5 Å². The van der Waals surface area contributed by atoms with E-state index < -0.39 is 75.4 Å². The van der Waals surface area contributed by atoms with Gasteiger partial charge in [0.1, 0.15) is 17.0 Å². The molecule has 0 amide bonds. The molecule has 0 aromatic carbocycles. The predicted molar refractivity (Wildman–Crippen MR) is 99.6 cm³/mol. The number of rotatable bonds is 4. The zero-order chi connectivity index (χ0) is 23.0. The van der Waals surface area contributed by atoms with Crippen molar-refractivity contribution >= 4 is 29.7 Å². The molecule has 0 radical (unpaired) electrons. The van der Waals surface area contributed by atoms with Gasteiger partial charge in [-0.1, -0.05) is 0 Å². The second kappa shape index (κ2) is 6.28. The molecule has 0 aliphatic heterocycles. The molecule has 0 aromatic heterocycles. The first-order valence-electron chi connectivity index (χ1n) is 9.79. The second-order valence-corrected chi connectivity index (χ2v) is 10.1. The fraction of sp³-hybridized carbons (Fsp3) is 0.762. The second-order valence-electron chi connectivity index (χ2n) is 10.1. The number of ether oxygens (including phenoxy) is 4. The molecule has 0 N–H and O–H groups in total. The zero-order valence-corrected chi connectivity index (χ0v) is 18.5. The molecule has 30 heavy (non-hydrogen) atoms. The zero-order valence-electron chi connectivity index (χ0n) is 18.5. The summed E-state index contributed by atoms with van der Waals surface area (Å²) in [5.74, 6) is -7.87. The Hall–Kier alpha value is -2.45. The highest BCUT2D eigenvalue weighted by molar-refractivity contribution is 6.20. The van der Waals surface area contributed by atoms with E-state index in [1.54, 1.807) is 41.5 Å². The topological polar surface area (TPSA) is 122 Å². The molecule has 0 heterocycles. The Balaban J connectivity index is 2.06. The van der Waals surface area contributed by atoms with Crippen molar-refractivity contribution in [3.63, 3.8) is 0 Å². The third-order valence-electron chi connectivity index (χ3n) is 6.05. The minimum Gasteiger partial charge on any atom is -0.468 e. The largest absolute Gasteiger partial charge is 0.468 e. The van der Waals surface area contributed by atoms with Crippen LogP contribution in [0, 0.1) is 34.5 Å². The molecule has 9 nitrogen and oxygen atoms in total. The number of hydrogen-bond acceptors (Lipinski definition) is 9. The number of esters is 4. The summed E-state index contributed by atoms with van der Waals surface area (Å²) in [5.41, 5.74) is -5.57. The molecular formula is C21H28O9. The summed E-state index contributed by atoms with van der Waals surface area (Å²) in [5, 5.41) is 0. The number of fused-ring (bicyclic) bond motifs is 3. The van der Waals surface area contributed by atoms with Crippen LogP contribution in [0.4, 0.5) is 0 Å². The monoisotopic (exact) mass is 424 g/mol. The van der Waals surface area contributed by atoms with Crippen molar-refractivity contribution < 1.29 is 42.9 Å². The Morgan fingerprint density at radius 1 is 0.667 bits per heavy atom. The summed E-state index contributed by atoms with van der Waals surface area (Å²) in [6, 6.07) is 0. The van der Waals surface area contributed by atoms with Crippen LogP contribution in [-0.2, 0) is 42.9 Å². The molecule has 166 valence electrons. The van der Waals surface area contributed by atoms with Crippen molar-refractivity contribution in [1.82, 2.24) is 0 Å². The van der Waals surface area contributed by atoms with Crippen LogP contribution in [0.15, 0.2) is 0 Å². The van der Waals surface area contributed by atoms with Crippen molar-refractivity contribution in [3.05, 3.63) is 0 Å². The van der Waals surface area contributed by atoms with E-state index in [0.29, 0.717) is 0 Å². The number of hydrogen-bond donors (Lipinski definition) is 0. The maximum Gasteiger partial charge on any atom is 0.325 e. The van der Waals surface area contributed by atoms with Gasteiger partial charge in [-0.3, -0.25) is 24.0 Å². The smallest absolute Gasteiger partial charge is 0.325 e. The van der Waals surface area contributed by atoms with E-state index in [0.717, 1.165) is 14.2 Å². The number of carbonyl (C=O) groups is 5. The van der Waals surface area contributed by atoms with Gasteiger partial charge in [0.25, 0.3) is 0 Å². The first-order chi connectivity index (χ1) is 13.6. The van der Waals surface area contributed by atoms with Gasteiger partial charge in [0, 0.05) is 11.8 Å². The minimum atomic E-state index is -1.89. The Labute approximate surface area is 174 Å².